The van der Waals surface area contributed by atoms with E-state index in [0.29, 0.717) is 10.4 Å². The number of aliphatic carboxylic acids is 1. The van der Waals surface area contributed by atoms with Gasteiger partial charge in [0.05, 0.1) is 6.61 Å². The number of nitrogens with one attached hydrogen (secondary N) is 1. The molecule has 1 atom stereocenters. The summed E-state index contributed by atoms with van der Waals surface area (Å²) in [5, 5.41) is 19.4. The molecule has 0 aliphatic heterocycles. The van der Waals surface area contributed by atoms with Gasteiger partial charge in [-0.1, -0.05) is 0 Å². The van der Waals surface area contributed by atoms with Crippen LogP contribution in [0.1, 0.15) is 5.76 Å². The highest BCUT2D eigenvalue weighted by Gasteiger charge is 2.17. The van der Waals surface area contributed by atoms with Crippen molar-refractivity contribution in [3.8, 4) is 0 Å². The van der Waals surface area contributed by atoms with Crippen molar-refractivity contribution >= 4 is 33.9 Å². The van der Waals surface area contributed by atoms with E-state index in [-0.39, 0.29) is 0 Å². The zero-order chi connectivity index (χ0) is 12.8. The fourth-order valence-electron chi connectivity index (χ4n) is 0.981. The van der Waals surface area contributed by atoms with E-state index in [4.69, 9.17) is 14.6 Å². The summed E-state index contributed by atoms with van der Waals surface area (Å²) < 4.78 is 5.62. The van der Waals surface area contributed by atoms with Crippen molar-refractivity contribution in [2.45, 2.75) is 6.04 Å². The summed E-state index contributed by atoms with van der Waals surface area (Å²) in [5.74, 6) is -1.48. The van der Waals surface area contributed by atoms with E-state index in [1.807, 2.05) is 0 Å². The number of halogens is 1. The smallest absolute Gasteiger partial charge is 0.328 e. The fraction of sp³-hybridized carbons (Fsp3) is 0.200. The Morgan fingerprint density at radius 2 is 2.24 bits per heavy atom. The molecule has 0 unspecified atom stereocenters. The number of carbonyl (C=O) groups is 2. The first-order valence-corrected chi connectivity index (χ1v) is 5.40. The number of furan rings is 1. The Balaban J connectivity index is 2.54. The molecule has 0 aliphatic rings. The number of aliphatic hydroxyl groups excluding tert-OH is 1. The Kier molecular flexibility index (Phi) is 4.92. The lowest BCUT2D eigenvalue weighted by Gasteiger charge is -2.08. The van der Waals surface area contributed by atoms with Crippen molar-refractivity contribution < 1.29 is 24.2 Å². The Morgan fingerprint density at radius 1 is 1.53 bits per heavy atom. The van der Waals surface area contributed by atoms with E-state index in [1.54, 1.807) is 12.1 Å². The highest BCUT2D eigenvalue weighted by molar-refractivity contribution is 9.10. The third-order valence-corrected chi connectivity index (χ3v) is 2.22. The van der Waals surface area contributed by atoms with Crippen LogP contribution in [0.4, 0.5) is 0 Å². The van der Waals surface area contributed by atoms with Gasteiger partial charge in [0.1, 0.15) is 5.76 Å². The Hall–Kier alpha value is -1.60. The average Bonchev–Trinajstić information content (AvgIpc) is 2.68. The van der Waals surface area contributed by atoms with Crippen LogP contribution >= 0.6 is 15.9 Å². The molecule has 0 aromatic carbocycles. The van der Waals surface area contributed by atoms with Crippen LogP contribution in [0.15, 0.2) is 27.3 Å². The van der Waals surface area contributed by atoms with Crippen molar-refractivity contribution in [1.29, 1.82) is 0 Å². The van der Waals surface area contributed by atoms with Gasteiger partial charge < -0.3 is 19.9 Å². The van der Waals surface area contributed by atoms with E-state index in [2.05, 4.69) is 21.2 Å². The monoisotopic (exact) mass is 303 g/mol. The van der Waals surface area contributed by atoms with E-state index in [0.717, 1.165) is 6.08 Å². The number of aliphatic hydroxyl groups is 1. The summed E-state index contributed by atoms with van der Waals surface area (Å²) in [6.07, 6.45) is 2.51. The van der Waals surface area contributed by atoms with Crippen LogP contribution < -0.4 is 5.32 Å². The van der Waals surface area contributed by atoms with Gasteiger partial charge in [0.25, 0.3) is 0 Å². The minimum atomic E-state index is -1.31. The lowest BCUT2D eigenvalue weighted by molar-refractivity contribution is -0.142. The molecule has 17 heavy (non-hydrogen) atoms. The molecule has 1 heterocycles. The van der Waals surface area contributed by atoms with Gasteiger partial charge in [0, 0.05) is 6.08 Å². The van der Waals surface area contributed by atoms with E-state index >= 15 is 0 Å². The number of hydrogen-bond donors (Lipinski definition) is 3. The van der Waals surface area contributed by atoms with Crippen LogP contribution in [0.2, 0.25) is 0 Å². The second-order valence-electron chi connectivity index (χ2n) is 3.06. The van der Waals surface area contributed by atoms with Gasteiger partial charge >= 0.3 is 5.97 Å². The van der Waals surface area contributed by atoms with Crippen LogP contribution in [-0.2, 0) is 9.59 Å². The molecule has 1 aromatic heterocycles. The largest absolute Gasteiger partial charge is 0.480 e. The number of carboxylic acids is 1. The normalized spacial score (nSPS) is 12.6. The van der Waals surface area contributed by atoms with Gasteiger partial charge in [0.15, 0.2) is 10.7 Å². The van der Waals surface area contributed by atoms with Gasteiger partial charge in [-0.25, -0.2) is 4.79 Å². The van der Waals surface area contributed by atoms with Gasteiger partial charge in [-0.2, -0.15) is 0 Å². The van der Waals surface area contributed by atoms with Crippen molar-refractivity contribution in [2.75, 3.05) is 6.61 Å². The van der Waals surface area contributed by atoms with Crippen molar-refractivity contribution in [2.24, 2.45) is 0 Å². The second kappa shape index (κ2) is 6.21. The van der Waals surface area contributed by atoms with E-state index < -0.39 is 24.5 Å². The maximum absolute atomic E-state index is 11.3. The van der Waals surface area contributed by atoms with Crippen molar-refractivity contribution in [1.82, 2.24) is 5.32 Å². The topological polar surface area (TPSA) is 99.8 Å². The lowest BCUT2D eigenvalue weighted by Crippen LogP contribution is -2.42. The summed E-state index contributed by atoms with van der Waals surface area (Å²) in [4.78, 5) is 21.8. The Morgan fingerprint density at radius 3 is 2.71 bits per heavy atom. The number of hydrogen-bond acceptors (Lipinski definition) is 4. The first-order valence-electron chi connectivity index (χ1n) is 4.60. The minimum Gasteiger partial charge on any atom is -0.480 e. The van der Waals surface area contributed by atoms with E-state index in [9.17, 15) is 9.59 Å². The molecular weight excluding hydrogens is 294 g/mol. The molecule has 0 saturated heterocycles. The predicted octanol–water partition coefficient (Wildman–Crippen LogP) is 0.617. The summed E-state index contributed by atoms with van der Waals surface area (Å²) >= 11 is 3.10. The van der Waals surface area contributed by atoms with Crippen LogP contribution in [0.25, 0.3) is 6.08 Å². The lowest BCUT2D eigenvalue weighted by atomic mass is 10.3. The molecule has 0 saturated carbocycles. The maximum atomic E-state index is 11.3. The quantitative estimate of drug-likeness (QED) is 0.692. The number of carbonyl (C=O) groups excluding carboxylic acids is 1. The first-order chi connectivity index (χ1) is 8.02. The summed E-state index contributed by atoms with van der Waals surface area (Å²) in [5.41, 5.74) is 0. The number of carboxylic acid groups (broad SMARTS) is 1. The number of rotatable bonds is 5. The first kappa shape index (κ1) is 13.5. The molecular formula is C10H10BrNO5. The zero-order valence-corrected chi connectivity index (χ0v) is 10.2. The number of amides is 1. The van der Waals surface area contributed by atoms with Gasteiger partial charge in [-0.15, -0.1) is 0 Å². The SMILES string of the molecule is O=C(/C=C/c1ccc(Br)o1)N[C@@H](CO)C(=O)O. The third-order valence-electron chi connectivity index (χ3n) is 1.79. The van der Waals surface area contributed by atoms with Crippen molar-refractivity contribution in [3.05, 3.63) is 28.6 Å². The molecule has 6 nitrogen and oxygen atoms in total. The molecule has 3 N–H and O–H groups in total. The summed E-state index contributed by atoms with van der Waals surface area (Å²) in [7, 11) is 0. The van der Waals surface area contributed by atoms with E-state index in [1.165, 1.54) is 6.08 Å². The molecule has 1 rings (SSSR count). The third kappa shape index (κ3) is 4.41. The molecule has 0 spiro atoms. The van der Waals surface area contributed by atoms with Gasteiger partial charge in [-0.05, 0) is 34.1 Å². The molecule has 1 aromatic rings. The highest BCUT2D eigenvalue weighted by atomic mass is 79.9. The fourth-order valence-corrected chi connectivity index (χ4v) is 1.30. The van der Waals surface area contributed by atoms with Crippen molar-refractivity contribution in [3.63, 3.8) is 0 Å². The standard InChI is InChI=1S/C10H10BrNO5/c11-8-3-1-6(17-8)2-4-9(14)12-7(5-13)10(15)16/h1-4,7,13H,5H2,(H,12,14)(H,15,16)/b4-2+/t7-/m0/s1. The molecule has 0 aliphatic carbocycles. The van der Waals surface area contributed by atoms with Crippen LogP contribution in [0.5, 0.6) is 0 Å². The zero-order valence-electron chi connectivity index (χ0n) is 8.59. The molecule has 0 bridgehead atoms. The van der Waals surface area contributed by atoms with Crippen LogP contribution in [-0.4, -0.2) is 34.7 Å². The van der Waals surface area contributed by atoms with Crippen LogP contribution in [0.3, 0.4) is 0 Å². The van der Waals surface area contributed by atoms with Gasteiger partial charge in [-0.3, -0.25) is 4.79 Å². The maximum Gasteiger partial charge on any atom is 0.328 e. The predicted molar refractivity (Wildman–Crippen MR) is 62.1 cm³/mol. The molecule has 1 amide bonds. The highest BCUT2D eigenvalue weighted by Crippen LogP contribution is 2.14. The van der Waals surface area contributed by atoms with Gasteiger partial charge in [0.2, 0.25) is 5.91 Å². The summed E-state index contributed by atoms with van der Waals surface area (Å²) in [6.45, 7) is -0.665. The molecule has 0 fully saturated rings. The minimum absolute atomic E-state index is 0.447. The molecule has 92 valence electrons. The molecule has 7 heteroatoms. The average molecular weight is 304 g/mol. The summed E-state index contributed by atoms with van der Waals surface area (Å²) in [6, 6.07) is 1.98. The Bertz CT molecular complexity index is 440. The Labute approximate surface area is 105 Å². The van der Waals surface area contributed by atoms with Crippen LogP contribution in [0, 0.1) is 0 Å². The second-order valence-corrected chi connectivity index (χ2v) is 3.84. The molecule has 0 radical (unpaired) electrons.